The molecule has 1 aliphatic heterocycles. The summed E-state index contributed by atoms with van der Waals surface area (Å²) in [4.78, 5) is 7.04. The number of rotatable bonds is 1. The molecular formula is C14H17N3S2. The molecule has 0 saturated carbocycles. The van der Waals surface area contributed by atoms with Crippen molar-refractivity contribution in [3.05, 3.63) is 29.3 Å². The number of likely N-dealkylation sites (tertiary alicyclic amines) is 1. The highest BCUT2D eigenvalue weighted by Crippen LogP contribution is 2.32. The van der Waals surface area contributed by atoms with Crippen LogP contribution in [0.4, 0.5) is 0 Å². The van der Waals surface area contributed by atoms with Gasteiger partial charge in [0, 0.05) is 26.1 Å². The zero-order valence-electron chi connectivity index (χ0n) is 10.9. The van der Waals surface area contributed by atoms with E-state index in [1.165, 1.54) is 22.5 Å². The van der Waals surface area contributed by atoms with Gasteiger partial charge in [0.2, 0.25) is 0 Å². The summed E-state index contributed by atoms with van der Waals surface area (Å²) >= 11 is 7.16. The van der Waals surface area contributed by atoms with Crippen LogP contribution in [0.15, 0.2) is 24.3 Å². The molecule has 2 heterocycles. The molecule has 3 rings (SSSR count). The minimum atomic E-state index is 0.512. The van der Waals surface area contributed by atoms with Crippen molar-refractivity contribution in [2.75, 3.05) is 20.1 Å². The number of benzene rings is 1. The van der Waals surface area contributed by atoms with Crippen LogP contribution >= 0.6 is 23.6 Å². The second-order valence-electron chi connectivity index (χ2n) is 4.86. The molecule has 1 aromatic heterocycles. The molecule has 3 nitrogen and oxygen atoms in total. The van der Waals surface area contributed by atoms with E-state index in [1.807, 2.05) is 18.4 Å². The van der Waals surface area contributed by atoms with Crippen LogP contribution in [0.3, 0.4) is 0 Å². The summed E-state index contributed by atoms with van der Waals surface area (Å²) in [6.45, 7) is 2.04. The van der Waals surface area contributed by atoms with E-state index in [9.17, 15) is 0 Å². The van der Waals surface area contributed by atoms with E-state index in [0.717, 1.165) is 23.7 Å². The summed E-state index contributed by atoms with van der Waals surface area (Å²) in [5.74, 6) is 0.512. The van der Waals surface area contributed by atoms with Gasteiger partial charge in [0.25, 0.3) is 0 Å². The minimum absolute atomic E-state index is 0.512. The minimum Gasteiger partial charge on any atom is -0.366 e. The van der Waals surface area contributed by atoms with Crippen LogP contribution in [0.2, 0.25) is 0 Å². The maximum Gasteiger partial charge on any atom is 0.168 e. The fourth-order valence-corrected chi connectivity index (χ4v) is 3.84. The lowest BCUT2D eigenvalue weighted by Crippen LogP contribution is -2.43. The zero-order chi connectivity index (χ0) is 13.2. The fourth-order valence-electron chi connectivity index (χ4n) is 2.59. The maximum atomic E-state index is 5.34. The number of hydrogen-bond donors (Lipinski definition) is 1. The average Bonchev–Trinajstić information content (AvgIpc) is 2.90. The highest BCUT2D eigenvalue weighted by Gasteiger charge is 2.24. The molecule has 0 amide bonds. The van der Waals surface area contributed by atoms with Gasteiger partial charge >= 0.3 is 0 Å². The van der Waals surface area contributed by atoms with Crippen molar-refractivity contribution in [2.45, 2.75) is 18.8 Å². The van der Waals surface area contributed by atoms with Crippen LogP contribution in [0.25, 0.3) is 10.2 Å². The van der Waals surface area contributed by atoms with Crippen molar-refractivity contribution in [2.24, 2.45) is 0 Å². The molecule has 1 N–H and O–H groups in total. The van der Waals surface area contributed by atoms with E-state index >= 15 is 0 Å². The molecule has 2 aromatic rings. The first-order valence-electron chi connectivity index (χ1n) is 6.60. The van der Waals surface area contributed by atoms with Gasteiger partial charge in [-0.3, -0.25) is 0 Å². The Bertz CT molecular complexity index is 560. The first kappa shape index (κ1) is 12.8. The Hall–Kier alpha value is -1.20. The second kappa shape index (κ2) is 5.43. The number of para-hydroxylation sites is 1. The molecular weight excluding hydrogens is 274 g/mol. The van der Waals surface area contributed by atoms with Gasteiger partial charge in [-0.2, -0.15) is 0 Å². The second-order valence-corrected chi connectivity index (χ2v) is 6.31. The third-order valence-electron chi connectivity index (χ3n) is 3.58. The highest BCUT2D eigenvalue weighted by molar-refractivity contribution is 7.80. The van der Waals surface area contributed by atoms with Gasteiger partial charge in [-0.25, -0.2) is 4.98 Å². The predicted octanol–water partition coefficient (Wildman–Crippen LogP) is 2.98. The lowest BCUT2D eigenvalue weighted by Gasteiger charge is -2.33. The Labute approximate surface area is 122 Å². The Kier molecular flexibility index (Phi) is 3.66. The van der Waals surface area contributed by atoms with Gasteiger partial charge in [-0.1, -0.05) is 12.1 Å². The molecule has 0 unspecified atom stereocenters. The molecule has 1 aliphatic rings. The van der Waals surface area contributed by atoms with Gasteiger partial charge in [-0.15, -0.1) is 11.3 Å². The van der Waals surface area contributed by atoms with Crippen molar-refractivity contribution in [3.63, 3.8) is 0 Å². The van der Waals surface area contributed by atoms with E-state index in [1.54, 1.807) is 0 Å². The van der Waals surface area contributed by atoms with E-state index in [2.05, 4.69) is 34.5 Å². The standard InChI is InChI=1S/C14H17N3S2/c1-15-14(18)17-8-4-5-10(9-17)13-16-11-6-2-3-7-12(11)19-13/h2-3,6-7,10H,4-5,8-9H2,1H3,(H,15,18)/t10-/m0/s1. The Balaban J connectivity index is 1.83. The monoisotopic (exact) mass is 291 g/mol. The summed E-state index contributed by atoms with van der Waals surface area (Å²) in [5.41, 5.74) is 1.12. The van der Waals surface area contributed by atoms with Crippen LogP contribution < -0.4 is 5.32 Å². The van der Waals surface area contributed by atoms with Gasteiger partial charge in [0.15, 0.2) is 5.11 Å². The molecule has 1 fully saturated rings. The molecule has 0 aliphatic carbocycles. The topological polar surface area (TPSA) is 28.2 Å². The van der Waals surface area contributed by atoms with Crippen LogP contribution in [0.5, 0.6) is 0 Å². The zero-order valence-corrected chi connectivity index (χ0v) is 12.6. The third kappa shape index (κ3) is 2.58. The Morgan fingerprint density at radius 3 is 3.11 bits per heavy atom. The van der Waals surface area contributed by atoms with E-state index in [0.29, 0.717) is 5.92 Å². The van der Waals surface area contributed by atoms with Gasteiger partial charge < -0.3 is 10.2 Å². The number of nitrogens with zero attached hydrogens (tertiary/aromatic N) is 2. The van der Waals surface area contributed by atoms with Crippen LogP contribution in [-0.2, 0) is 0 Å². The first-order valence-corrected chi connectivity index (χ1v) is 7.82. The maximum absolute atomic E-state index is 5.34. The summed E-state index contributed by atoms with van der Waals surface area (Å²) in [6, 6.07) is 8.37. The molecule has 1 aromatic carbocycles. The van der Waals surface area contributed by atoms with Crippen molar-refractivity contribution < 1.29 is 0 Å². The number of thiazole rings is 1. The number of fused-ring (bicyclic) bond motifs is 1. The van der Waals surface area contributed by atoms with E-state index in [-0.39, 0.29) is 0 Å². The molecule has 0 radical (unpaired) electrons. The summed E-state index contributed by atoms with van der Waals surface area (Å²) in [6.07, 6.45) is 2.39. The smallest absolute Gasteiger partial charge is 0.168 e. The van der Waals surface area contributed by atoms with Crippen LogP contribution in [-0.4, -0.2) is 35.1 Å². The SMILES string of the molecule is CNC(=S)N1CCC[C@H](c2nc3ccccc3s2)C1. The number of piperidine rings is 1. The van der Waals surface area contributed by atoms with Gasteiger partial charge in [0.05, 0.1) is 15.2 Å². The first-order chi connectivity index (χ1) is 9.28. The Morgan fingerprint density at radius 2 is 2.32 bits per heavy atom. The van der Waals surface area contributed by atoms with Crippen LogP contribution in [0, 0.1) is 0 Å². The van der Waals surface area contributed by atoms with Gasteiger partial charge in [-0.05, 0) is 37.2 Å². The van der Waals surface area contributed by atoms with Crippen LogP contribution in [0.1, 0.15) is 23.8 Å². The third-order valence-corrected chi connectivity index (χ3v) is 5.24. The van der Waals surface area contributed by atoms with Gasteiger partial charge in [0.1, 0.15) is 0 Å². The summed E-state index contributed by atoms with van der Waals surface area (Å²) in [7, 11) is 1.89. The summed E-state index contributed by atoms with van der Waals surface area (Å²) < 4.78 is 1.28. The quantitative estimate of drug-likeness (QED) is 0.818. The highest BCUT2D eigenvalue weighted by atomic mass is 32.1. The van der Waals surface area contributed by atoms with E-state index in [4.69, 9.17) is 17.2 Å². The lowest BCUT2D eigenvalue weighted by molar-refractivity contribution is 0.307. The van der Waals surface area contributed by atoms with Crippen molar-refractivity contribution in [1.29, 1.82) is 0 Å². The number of aromatic nitrogens is 1. The average molecular weight is 291 g/mol. The number of hydrogen-bond acceptors (Lipinski definition) is 3. The normalized spacial score (nSPS) is 19.6. The number of nitrogens with one attached hydrogen (secondary N) is 1. The van der Waals surface area contributed by atoms with Crippen molar-refractivity contribution in [3.8, 4) is 0 Å². The number of thiocarbonyl (C=S) groups is 1. The molecule has 100 valence electrons. The summed E-state index contributed by atoms with van der Waals surface area (Å²) in [5, 5.41) is 5.18. The van der Waals surface area contributed by atoms with Crippen molar-refractivity contribution in [1.82, 2.24) is 15.2 Å². The molecule has 0 spiro atoms. The lowest BCUT2D eigenvalue weighted by atomic mass is 9.99. The largest absolute Gasteiger partial charge is 0.366 e. The molecule has 0 bridgehead atoms. The predicted molar refractivity (Wildman–Crippen MR) is 84.8 cm³/mol. The Morgan fingerprint density at radius 1 is 1.47 bits per heavy atom. The molecule has 19 heavy (non-hydrogen) atoms. The molecule has 1 saturated heterocycles. The van der Waals surface area contributed by atoms with Crippen molar-refractivity contribution >= 4 is 38.9 Å². The fraction of sp³-hybridized carbons (Fsp3) is 0.429. The molecule has 1 atom stereocenters. The van der Waals surface area contributed by atoms with E-state index < -0.39 is 0 Å². The molecule has 5 heteroatoms.